The zero-order chi connectivity index (χ0) is 9.90. The lowest BCUT2D eigenvalue weighted by Gasteiger charge is -2.18. The molecule has 1 rings (SSSR count). The van der Waals surface area contributed by atoms with Gasteiger partial charge in [0, 0.05) is 18.0 Å². The van der Waals surface area contributed by atoms with Crippen LogP contribution in [0.4, 0.5) is 0 Å². The van der Waals surface area contributed by atoms with Crippen molar-refractivity contribution in [3.63, 3.8) is 0 Å². The molecule has 0 spiro atoms. The third kappa shape index (κ3) is 3.92. The van der Waals surface area contributed by atoms with Crippen molar-refractivity contribution in [1.29, 1.82) is 0 Å². The highest BCUT2D eigenvalue weighted by molar-refractivity contribution is 7.10. The number of hydrogen-bond donors (Lipinski definition) is 1. The molecule has 0 saturated carbocycles. The zero-order valence-electron chi connectivity index (χ0n) is 8.98. The van der Waals surface area contributed by atoms with Gasteiger partial charge in [-0.2, -0.15) is 0 Å². The summed E-state index contributed by atoms with van der Waals surface area (Å²) < 4.78 is 0. The molecule has 0 aliphatic heterocycles. The second-order valence-corrected chi connectivity index (χ2v) is 5.69. The average Bonchev–Trinajstić information content (AvgIpc) is 2.34. The van der Waals surface area contributed by atoms with Gasteiger partial charge in [0.2, 0.25) is 0 Å². The molecule has 1 aromatic heterocycles. The van der Waals surface area contributed by atoms with Crippen LogP contribution in [0.2, 0.25) is 0 Å². The Kier molecular flexibility index (Phi) is 3.51. The van der Waals surface area contributed by atoms with E-state index in [1.807, 2.05) is 11.3 Å². The first kappa shape index (κ1) is 10.7. The Labute approximate surface area is 85.2 Å². The van der Waals surface area contributed by atoms with E-state index in [9.17, 15) is 0 Å². The highest BCUT2D eigenvalue weighted by atomic mass is 32.1. The van der Waals surface area contributed by atoms with Gasteiger partial charge in [-0.3, -0.25) is 0 Å². The third-order valence-corrected chi connectivity index (χ3v) is 2.93. The lowest BCUT2D eigenvalue weighted by molar-refractivity contribution is 0.380. The summed E-state index contributed by atoms with van der Waals surface area (Å²) in [4.78, 5) is 1.46. The van der Waals surface area contributed by atoms with Crippen molar-refractivity contribution in [3.05, 3.63) is 21.9 Å². The van der Waals surface area contributed by atoms with Crippen LogP contribution in [-0.4, -0.2) is 6.54 Å². The fraction of sp³-hybridized carbons (Fsp3) is 0.636. The highest BCUT2D eigenvalue weighted by Gasteiger charge is 2.09. The Balaban J connectivity index is 2.32. The molecule has 0 amide bonds. The van der Waals surface area contributed by atoms with Gasteiger partial charge in [-0.05, 0) is 29.3 Å². The van der Waals surface area contributed by atoms with E-state index < -0.39 is 0 Å². The molecule has 0 atom stereocenters. The summed E-state index contributed by atoms with van der Waals surface area (Å²) in [6, 6.07) is 2.18. The molecule has 1 aromatic rings. The molecule has 0 radical (unpaired) electrons. The van der Waals surface area contributed by atoms with Crippen molar-refractivity contribution in [2.45, 2.75) is 34.2 Å². The molecule has 1 N–H and O–H groups in total. The quantitative estimate of drug-likeness (QED) is 0.784. The Morgan fingerprint density at radius 2 is 2.08 bits per heavy atom. The maximum atomic E-state index is 3.48. The number of hydrogen-bond acceptors (Lipinski definition) is 2. The van der Waals surface area contributed by atoms with Crippen LogP contribution >= 0.6 is 11.3 Å². The van der Waals surface area contributed by atoms with Crippen LogP contribution < -0.4 is 5.32 Å². The van der Waals surface area contributed by atoms with Crippen LogP contribution in [0.5, 0.6) is 0 Å². The van der Waals surface area contributed by atoms with Crippen molar-refractivity contribution in [2.75, 3.05) is 6.54 Å². The Hall–Kier alpha value is -0.340. The Morgan fingerprint density at radius 1 is 1.38 bits per heavy atom. The van der Waals surface area contributed by atoms with Gasteiger partial charge in [0.25, 0.3) is 0 Å². The summed E-state index contributed by atoms with van der Waals surface area (Å²) in [7, 11) is 0. The molecule has 1 heterocycles. The first-order valence-electron chi connectivity index (χ1n) is 4.73. The van der Waals surface area contributed by atoms with Crippen molar-refractivity contribution in [1.82, 2.24) is 5.32 Å². The first-order valence-corrected chi connectivity index (χ1v) is 5.61. The predicted octanol–water partition coefficient (Wildman–Crippen LogP) is 3.19. The largest absolute Gasteiger partial charge is 0.311 e. The lowest BCUT2D eigenvalue weighted by Crippen LogP contribution is -2.26. The zero-order valence-corrected chi connectivity index (χ0v) is 9.79. The van der Waals surface area contributed by atoms with Gasteiger partial charge >= 0.3 is 0 Å². The van der Waals surface area contributed by atoms with E-state index in [0.29, 0.717) is 5.41 Å². The van der Waals surface area contributed by atoms with Crippen LogP contribution in [0.15, 0.2) is 11.4 Å². The molecular weight excluding hydrogens is 178 g/mol. The maximum Gasteiger partial charge on any atom is 0.0302 e. The minimum absolute atomic E-state index is 0.380. The van der Waals surface area contributed by atoms with Crippen LogP contribution in [-0.2, 0) is 6.54 Å². The summed E-state index contributed by atoms with van der Waals surface area (Å²) in [6.07, 6.45) is 0. The average molecular weight is 197 g/mol. The summed E-state index contributed by atoms with van der Waals surface area (Å²) >= 11 is 1.84. The molecule has 0 fully saturated rings. The molecule has 1 nitrogen and oxygen atoms in total. The number of rotatable bonds is 3. The smallest absolute Gasteiger partial charge is 0.0302 e. The second-order valence-electron chi connectivity index (χ2n) is 4.69. The van der Waals surface area contributed by atoms with Crippen LogP contribution in [0.25, 0.3) is 0 Å². The first-order chi connectivity index (χ1) is 5.99. The molecule has 0 unspecified atom stereocenters. The van der Waals surface area contributed by atoms with Crippen LogP contribution in [0.3, 0.4) is 0 Å². The predicted molar refractivity (Wildman–Crippen MR) is 60.2 cm³/mol. The third-order valence-electron chi connectivity index (χ3n) is 1.91. The molecule has 13 heavy (non-hydrogen) atoms. The minimum atomic E-state index is 0.380. The second kappa shape index (κ2) is 4.25. The SMILES string of the molecule is Cc1ccsc1CNCC(C)(C)C. The molecule has 0 aromatic carbocycles. The van der Waals surface area contributed by atoms with Gasteiger partial charge in [0.1, 0.15) is 0 Å². The standard InChI is InChI=1S/C11H19NS/c1-9-5-6-13-10(9)7-12-8-11(2,3)4/h5-6,12H,7-8H2,1-4H3. The molecular formula is C11H19NS. The van der Waals surface area contributed by atoms with E-state index >= 15 is 0 Å². The topological polar surface area (TPSA) is 12.0 Å². The summed E-state index contributed by atoms with van der Waals surface area (Å²) in [5.41, 5.74) is 1.79. The van der Waals surface area contributed by atoms with Gasteiger partial charge in [0.15, 0.2) is 0 Å². The lowest BCUT2D eigenvalue weighted by atomic mass is 9.97. The molecule has 0 saturated heterocycles. The molecule has 2 heteroatoms. The molecule has 0 aliphatic carbocycles. The van der Waals surface area contributed by atoms with Crippen LogP contribution in [0.1, 0.15) is 31.2 Å². The monoisotopic (exact) mass is 197 g/mol. The highest BCUT2D eigenvalue weighted by Crippen LogP contribution is 2.16. The van der Waals surface area contributed by atoms with Gasteiger partial charge in [0.05, 0.1) is 0 Å². The van der Waals surface area contributed by atoms with E-state index in [-0.39, 0.29) is 0 Å². The van der Waals surface area contributed by atoms with E-state index in [0.717, 1.165) is 13.1 Å². The Bertz CT molecular complexity index is 257. The maximum absolute atomic E-state index is 3.48. The van der Waals surface area contributed by atoms with E-state index in [1.54, 1.807) is 0 Å². The van der Waals surface area contributed by atoms with Gasteiger partial charge in [-0.15, -0.1) is 11.3 Å². The Morgan fingerprint density at radius 3 is 2.54 bits per heavy atom. The minimum Gasteiger partial charge on any atom is -0.311 e. The van der Waals surface area contributed by atoms with Crippen molar-refractivity contribution in [3.8, 4) is 0 Å². The van der Waals surface area contributed by atoms with Gasteiger partial charge < -0.3 is 5.32 Å². The van der Waals surface area contributed by atoms with Crippen molar-refractivity contribution in [2.24, 2.45) is 5.41 Å². The summed E-state index contributed by atoms with van der Waals surface area (Å²) in [5, 5.41) is 5.64. The fourth-order valence-electron chi connectivity index (χ4n) is 1.14. The van der Waals surface area contributed by atoms with E-state index in [2.05, 4.69) is 44.5 Å². The summed E-state index contributed by atoms with van der Waals surface area (Å²) in [6.45, 7) is 11.0. The number of aryl methyl sites for hydroxylation is 1. The fourth-order valence-corrected chi connectivity index (χ4v) is 2.01. The van der Waals surface area contributed by atoms with E-state index in [4.69, 9.17) is 0 Å². The van der Waals surface area contributed by atoms with Crippen molar-refractivity contribution < 1.29 is 0 Å². The molecule has 0 bridgehead atoms. The van der Waals surface area contributed by atoms with Gasteiger partial charge in [-0.25, -0.2) is 0 Å². The molecule has 74 valence electrons. The van der Waals surface area contributed by atoms with Gasteiger partial charge in [-0.1, -0.05) is 20.8 Å². The van der Waals surface area contributed by atoms with Crippen molar-refractivity contribution >= 4 is 11.3 Å². The number of thiophene rings is 1. The summed E-state index contributed by atoms with van der Waals surface area (Å²) in [5.74, 6) is 0. The van der Waals surface area contributed by atoms with Crippen LogP contribution in [0, 0.1) is 12.3 Å². The normalized spacial score (nSPS) is 12.0. The molecule has 0 aliphatic rings. The van der Waals surface area contributed by atoms with E-state index in [1.165, 1.54) is 10.4 Å². The number of nitrogens with one attached hydrogen (secondary N) is 1.